The summed E-state index contributed by atoms with van der Waals surface area (Å²) >= 11 is 0. The third-order valence-corrected chi connectivity index (χ3v) is 1.43. The number of hydrogen-bond donors (Lipinski definition) is 1. The third-order valence-electron chi connectivity index (χ3n) is 1.43. The molecular formula is C6H5N3O. The van der Waals surface area contributed by atoms with Crippen molar-refractivity contribution >= 4 is 6.21 Å². The van der Waals surface area contributed by atoms with Crippen LogP contribution in [0.25, 0.3) is 0 Å². The van der Waals surface area contributed by atoms with E-state index < -0.39 is 0 Å². The molecule has 0 unspecified atom stereocenters. The lowest BCUT2D eigenvalue weighted by atomic mass is 10.3. The van der Waals surface area contributed by atoms with Crippen LogP contribution >= 0.6 is 0 Å². The summed E-state index contributed by atoms with van der Waals surface area (Å²) in [4.78, 5) is 21.2. The second-order valence-electron chi connectivity index (χ2n) is 2.06. The molecule has 1 aromatic rings. The van der Waals surface area contributed by atoms with Crippen molar-refractivity contribution in [2.24, 2.45) is 4.99 Å². The molecule has 0 aromatic carbocycles. The summed E-state index contributed by atoms with van der Waals surface area (Å²) in [5, 5.41) is 0. The highest BCUT2D eigenvalue weighted by Gasteiger charge is 2.09. The van der Waals surface area contributed by atoms with Gasteiger partial charge in [-0.15, -0.1) is 0 Å². The maximum absolute atomic E-state index is 10.9. The van der Waals surface area contributed by atoms with Crippen molar-refractivity contribution in [1.82, 2.24) is 9.97 Å². The molecule has 1 N–H and O–H groups in total. The van der Waals surface area contributed by atoms with E-state index in [1.807, 2.05) is 0 Å². The summed E-state index contributed by atoms with van der Waals surface area (Å²) in [6.07, 6.45) is 2.96. The Balaban J connectivity index is 2.79. The fourth-order valence-electron chi connectivity index (χ4n) is 0.930. The fraction of sp³-hybridized carbons (Fsp3) is 0.167. The summed E-state index contributed by atoms with van der Waals surface area (Å²) in [6, 6.07) is 0. The van der Waals surface area contributed by atoms with E-state index in [9.17, 15) is 4.79 Å². The van der Waals surface area contributed by atoms with Crippen molar-refractivity contribution in [2.75, 3.05) is 0 Å². The Labute approximate surface area is 56.7 Å². The number of aliphatic imine (C=N–C) groups is 1. The zero-order chi connectivity index (χ0) is 6.97. The van der Waals surface area contributed by atoms with E-state index in [0.717, 1.165) is 5.69 Å². The van der Waals surface area contributed by atoms with Crippen LogP contribution in [0.4, 0.5) is 0 Å². The molecule has 1 aliphatic rings. The molecule has 2 heterocycles. The summed E-state index contributed by atoms with van der Waals surface area (Å²) in [5.74, 6) is 0. The van der Waals surface area contributed by atoms with Crippen molar-refractivity contribution in [3.8, 4) is 0 Å². The van der Waals surface area contributed by atoms with Gasteiger partial charge >= 0.3 is 0 Å². The number of nitrogens with one attached hydrogen (secondary N) is 1. The predicted octanol–water partition coefficient (Wildman–Crippen LogP) is -0.298. The molecule has 0 saturated heterocycles. The molecule has 4 nitrogen and oxygen atoms in total. The van der Waals surface area contributed by atoms with Crippen molar-refractivity contribution in [2.45, 2.75) is 6.54 Å². The van der Waals surface area contributed by atoms with E-state index in [0.29, 0.717) is 12.1 Å². The van der Waals surface area contributed by atoms with Crippen LogP contribution in [-0.2, 0) is 6.54 Å². The Hall–Kier alpha value is -1.45. The number of rotatable bonds is 0. The van der Waals surface area contributed by atoms with Gasteiger partial charge in [-0.2, -0.15) is 0 Å². The average Bonchev–Trinajstić information content (AvgIpc) is 2.36. The number of nitrogens with zero attached hydrogens (tertiary/aromatic N) is 2. The second kappa shape index (κ2) is 1.76. The van der Waals surface area contributed by atoms with Crippen LogP contribution < -0.4 is 5.56 Å². The number of aromatic amines is 1. The molecule has 0 bridgehead atoms. The lowest BCUT2D eigenvalue weighted by Gasteiger charge is -1.90. The number of hydrogen-bond acceptors (Lipinski definition) is 3. The minimum Gasteiger partial charge on any atom is -0.313 e. The Kier molecular flexibility index (Phi) is 0.943. The van der Waals surface area contributed by atoms with E-state index in [4.69, 9.17) is 0 Å². The molecule has 0 saturated carbocycles. The third kappa shape index (κ3) is 0.586. The van der Waals surface area contributed by atoms with Gasteiger partial charge in [-0.25, -0.2) is 4.98 Å². The van der Waals surface area contributed by atoms with Gasteiger partial charge in [0, 0.05) is 6.21 Å². The zero-order valence-corrected chi connectivity index (χ0v) is 5.16. The van der Waals surface area contributed by atoms with Crippen LogP contribution in [0.1, 0.15) is 11.3 Å². The summed E-state index contributed by atoms with van der Waals surface area (Å²) < 4.78 is 0. The second-order valence-corrected chi connectivity index (χ2v) is 2.06. The molecule has 0 fully saturated rings. The van der Waals surface area contributed by atoms with Gasteiger partial charge in [-0.1, -0.05) is 0 Å². The van der Waals surface area contributed by atoms with E-state index >= 15 is 0 Å². The van der Waals surface area contributed by atoms with Gasteiger partial charge in [0.1, 0.15) is 0 Å². The molecule has 1 aliphatic heterocycles. The summed E-state index contributed by atoms with van der Waals surface area (Å²) in [7, 11) is 0. The maximum atomic E-state index is 10.9. The first-order valence-electron chi connectivity index (χ1n) is 2.94. The molecule has 0 aliphatic carbocycles. The molecule has 4 heteroatoms. The van der Waals surface area contributed by atoms with Gasteiger partial charge in [-0.3, -0.25) is 9.79 Å². The van der Waals surface area contributed by atoms with Crippen LogP contribution in [0.5, 0.6) is 0 Å². The fourth-order valence-corrected chi connectivity index (χ4v) is 0.930. The first-order chi connectivity index (χ1) is 4.88. The molecule has 0 radical (unpaired) electrons. The standard InChI is InChI=1S/C6H5N3O/c10-6-4-1-7-2-5(4)8-3-9-6/h1,3H,2H2,(H,8,9,10). The molecule has 10 heavy (non-hydrogen) atoms. The highest BCUT2D eigenvalue weighted by molar-refractivity contribution is 5.82. The molecule has 2 rings (SSSR count). The van der Waals surface area contributed by atoms with Gasteiger partial charge in [-0.05, 0) is 0 Å². The molecule has 0 atom stereocenters. The smallest absolute Gasteiger partial charge is 0.259 e. The summed E-state index contributed by atoms with van der Waals surface area (Å²) in [6.45, 7) is 0.541. The normalized spacial score (nSPS) is 13.6. The van der Waals surface area contributed by atoms with Crippen LogP contribution in [0, 0.1) is 0 Å². The Morgan fingerprint density at radius 2 is 2.50 bits per heavy atom. The van der Waals surface area contributed by atoms with Crippen molar-refractivity contribution in [3.05, 3.63) is 27.9 Å². The number of fused-ring (bicyclic) bond motifs is 1. The van der Waals surface area contributed by atoms with Crippen LogP contribution in [0.2, 0.25) is 0 Å². The van der Waals surface area contributed by atoms with Crippen LogP contribution in [0.15, 0.2) is 16.1 Å². The SMILES string of the molecule is O=c1[nH]cnc2c1C=NC2. The van der Waals surface area contributed by atoms with Crippen LogP contribution in [0.3, 0.4) is 0 Å². The van der Waals surface area contributed by atoms with Gasteiger partial charge in [0.25, 0.3) is 5.56 Å². The molecular weight excluding hydrogens is 130 g/mol. The Morgan fingerprint density at radius 3 is 3.30 bits per heavy atom. The quantitative estimate of drug-likeness (QED) is 0.531. The minimum absolute atomic E-state index is 0.105. The van der Waals surface area contributed by atoms with Crippen molar-refractivity contribution in [1.29, 1.82) is 0 Å². The Bertz CT molecular complexity index is 339. The topological polar surface area (TPSA) is 58.1 Å². The first kappa shape index (κ1) is 5.34. The van der Waals surface area contributed by atoms with Crippen LogP contribution in [-0.4, -0.2) is 16.2 Å². The largest absolute Gasteiger partial charge is 0.313 e. The molecule has 0 amide bonds. The molecule has 1 aromatic heterocycles. The minimum atomic E-state index is -0.105. The highest BCUT2D eigenvalue weighted by Crippen LogP contribution is 2.03. The van der Waals surface area contributed by atoms with Crippen molar-refractivity contribution < 1.29 is 0 Å². The van der Waals surface area contributed by atoms with E-state index in [1.165, 1.54) is 6.33 Å². The lowest BCUT2D eigenvalue weighted by molar-refractivity contribution is 0.978. The lowest BCUT2D eigenvalue weighted by Crippen LogP contribution is -2.12. The van der Waals surface area contributed by atoms with Gasteiger partial charge < -0.3 is 4.98 Å². The maximum Gasteiger partial charge on any atom is 0.259 e. The molecule has 0 spiro atoms. The predicted molar refractivity (Wildman–Crippen MR) is 36.2 cm³/mol. The average molecular weight is 135 g/mol. The number of H-pyrrole nitrogens is 1. The van der Waals surface area contributed by atoms with E-state index in [2.05, 4.69) is 15.0 Å². The first-order valence-corrected chi connectivity index (χ1v) is 2.94. The number of aromatic nitrogens is 2. The van der Waals surface area contributed by atoms with E-state index in [1.54, 1.807) is 6.21 Å². The van der Waals surface area contributed by atoms with Gasteiger partial charge in [0.2, 0.25) is 0 Å². The van der Waals surface area contributed by atoms with E-state index in [-0.39, 0.29) is 5.56 Å². The van der Waals surface area contributed by atoms with Gasteiger partial charge in [0.05, 0.1) is 24.1 Å². The Morgan fingerprint density at radius 1 is 1.60 bits per heavy atom. The molecule has 50 valence electrons. The van der Waals surface area contributed by atoms with Crippen molar-refractivity contribution in [3.63, 3.8) is 0 Å². The van der Waals surface area contributed by atoms with Gasteiger partial charge in [0.15, 0.2) is 0 Å². The summed E-state index contributed by atoms with van der Waals surface area (Å²) in [5.41, 5.74) is 1.26. The zero-order valence-electron chi connectivity index (χ0n) is 5.16. The monoisotopic (exact) mass is 135 g/mol. The highest BCUT2D eigenvalue weighted by atomic mass is 16.1.